The van der Waals surface area contributed by atoms with Gasteiger partial charge in [-0.15, -0.1) is 11.3 Å². The lowest BCUT2D eigenvalue weighted by molar-refractivity contribution is 0.101. The molecule has 1 aromatic carbocycles. The van der Waals surface area contributed by atoms with Gasteiger partial charge < -0.3 is 9.84 Å². The van der Waals surface area contributed by atoms with E-state index in [4.69, 9.17) is 16.1 Å². The molecule has 0 spiro atoms. The number of amides is 1. The third-order valence-electron chi connectivity index (χ3n) is 3.73. The van der Waals surface area contributed by atoms with Crippen molar-refractivity contribution in [3.05, 3.63) is 51.8 Å². The minimum Gasteiger partial charge on any atom is -0.360 e. The fraction of sp³-hybridized carbons (Fsp3) is 0.235. The summed E-state index contributed by atoms with van der Waals surface area (Å²) in [5, 5.41) is 9.20. The summed E-state index contributed by atoms with van der Waals surface area (Å²) in [6.07, 6.45) is 2.20. The predicted molar refractivity (Wildman–Crippen MR) is 98.9 cm³/mol. The van der Waals surface area contributed by atoms with Gasteiger partial charge in [-0.1, -0.05) is 28.5 Å². The van der Waals surface area contributed by atoms with Crippen LogP contribution in [0.2, 0.25) is 5.02 Å². The lowest BCUT2D eigenvalue weighted by atomic mass is 10.2. The van der Waals surface area contributed by atoms with Crippen molar-refractivity contribution in [2.75, 3.05) is 5.32 Å². The average Bonchev–Trinajstić information content (AvgIpc) is 3.16. The number of hydrogen-bond acceptors (Lipinski definition) is 6. The molecule has 0 bridgehead atoms. The molecule has 0 unspecified atom stereocenters. The molecule has 0 atom stereocenters. The summed E-state index contributed by atoms with van der Waals surface area (Å²) in [6.45, 7) is 1.96. The second-order valence-electron chi connectivity index (χ2n) is 5.84. The summed E-state index contributed by atoms with van der Waals surface area (Å²) in [4.78, 5) is 17.6. The van der Waals surface area contributed by atoms with E-state index in [1.807, 2.05) is 24.4 Å². The van der Waals surface area contributed by atoms with Gasteiger partial charge in [0.25, 0.3) is 5.91 Å². The monoisotopic (exact) mass is 391 g/mol. The Morgan fingerprint density at radius 2 is 2.24 bits per heavy atom. The van der Waals surface area contributed by atoms with Gasteiger partial charge in [0.15, 0.2) is 10.0 Å². The molecule has 1 aliphatic carbocycles. The third kappa shape index (κ3) is 3.89. The van der Waals surface area contributed by atoms with Crippen LogP contribution < -0.4 is 5.32 Å². The minimum absolute atomic E-state index is 0.287. The number of halogens is 1. The van der Waals surface area contributed by atoms with Gasteiger partial charge in [0.1, 0.15) is 5.76 Å². The molecular formula is C17H14ClN3O2S2. The maximum Gasteiger partial charge on any atom is 0.277 e. The molecule has 25 heavy (non-hydrogen) atoms. The van der Waals surface area contributed by atoms with Crippen LogP contribution in [-0.4, -0.2) is 16.0 Å². The third-order valence-corrected chi connectivity index (χ3v) is 6.28. The normalized spacial score (nSPS) is 13.8. The molecule has 1 N–H and O–H groups in total. The molecule has 5 nitrogen and oxygen atoms in total. The number of anilines is 1. The number of aryl methyl sites for hydroxylation is 1. The van der Waals surface area contributed by atoms with Crippen molar-refractivity contribution in [2.45, 2.75) is 34.9 Å². The number of aromatic nitrogens is 2. The summed E-state index contributed by atoms with van der Waals surface area (Å²) in [5.74, 6) is 0.908. The molecule has 3 aromatic rings. The Balaban J connectivity index is 1.45. The van der Waals surface area contributed by atoms with Gasteiger partial charge in [0.05, 0.1) is 5.02 Å². The molecule has 1 amide bonds. The van der Waals surface area contributed by atoms with Crippen LogP contribution in [0.3, 0.4) is 0 Å². The molecular weight excluding hydrogens is 378 g/mol. The van der Waals surface area contributed by atoms with E-state index in [9.17, 15) is 4.79 Å². The van der Waals surface area contributed by atoms with Crippen LogP contribution in [0.25, 0.3) is 0 Å². The molecule has 2 heterocycles. The zero-order chi connectivity index (χ0) is 17.4. The van der Waals surface area contributed by atoms with E-state index < -0.39 is 0 Å². The summed E-state index contributed by atoms with van der Waals surface area (Å²) in [7, 11) is 0. The SMILES string of the molecule is Cc1csc(Sc2ccc(NC(=O)c3cc(C4CC4)on3)cc2Cl)n1. The Bertz CT molecular complexity index is 934. The van der Waals surface area contributed by atoms with Crippen molar-refractivity contribution in [1.29, 1.82) is 0 Å². The van der Waals surface area contributed by atoms with Gasteiger partial charge >= 0.3 is 0 Å². The Morgan fingerprint density at radius 1 is 1.40 bits per heavy atom. The van der Waals surface area contributed by atoms with E-state index in [0.29, 0.717) is 16.6 Å². The smallest absolute Gasteiger partial charge is 0.277 e. The Labute approximate surface area is 157 Å². The first-order chi connectivity index (χ1) is 12.1. The van der Waals surface area contributed by atoms with Crippen molar-refractivity contribution in [3.63, 3.8) is 0 Å². The number of carbonyl (C=O) groups is 1. The molecule has 8 heteroatoms. The zero-order valence-electron chi connectivity index (χ0n) is 13.3. The number of thiazole rings is 1. The van der Waals surface area contributed by atoms with Gasteiger partial charge in [-0.05, 0) is 38.0 Å². The number of rotatable bonds is 5. The first kappa shape index (κ1) is 16.6. The van der Waals surface area contributed by atoms with Crippen LogP contribution in [0, 0.1) is 6.92 Å². The number of nitrogens with one attached hydrogen (secondary N) is 1. The van der Waals surface area contributed by atoms with Crippen LogP contribution in [0.1, 0.15) is 40.7 Å². The van der Waals surface area contributed by atoms with E-state index in [0.717, 1.165) is 33.5 Å². The van der Waals surface area contributed by atoms with Crippen molar-refractivity contribution in [2.24, 2.45) is 0 Å². The molecule has 1 saturated carbocycles. The quantitative estimate of drug-likeness (QED) is 0.632. The lowest BCUT2D eigenvalue weighted by Crippen LogP contribution is -2.12. The summed E-state index contributed by atoms with van der Waals surface area (Å²) in [6, 6.07) is 7.12. The maximum absolute atomic E-state index is 12.3. The number of carbonyl (C=O) groups excluding carboxylic acids is 1. The molecule has 128 valence electrons. The Hall–Kier alpha value is -1.83. The standard InChI is InChI=1S/C17H14ClN3O2S2/c1-9-8-24-17(19-9)25-15-5-4-11(6-12(15)18)20-16(22)13-7-14(23-21-13)10-2-3-10/h4-8,10H,2-3H2,1H3,(H,20,22). The summed E-state index contributed by atoms with van der Waals surface area (Å²) >= 11 is 9.43. The van der Waals surface area contributed by atoms with Crippen LogP contribution in [-0.2, 0) is 0 Å². The largest absolute Gasteiger partial charge is 0.360 e. The first-order valence-electron chi connectivity index (χ1n) is 7.76. The summed E-state index contributed by atoms with van der Waals surface area (Å²) < 4.78 is 6.15. The highest BCUT2D eigenvalue weighted by molar-refractivity contribution is 8.01. The van der Waals surface area contributed by atoms with Crippen molar-refractivity contribution in [1.82, 2.24) is 10.1 Å². The van der Waals surface area contributed by atoms with Crippen molar-refractivity contribution >= 4 is 46.3 Å². The second-order valence-corrected chi connectivity index (χ2v) is 8.40. The lowest BCUT2D eigenvalue weighted by Gasteiger charge is -2.06. The van der Waals surface area contributed by atoms with Gasteiger partial charge in [-0.25, -0.2) is 4.98 Å². The van der Waals surface area contributed by atoms with Crippen molar-refractivity contribution in [3.8, 4) is 0 Å². The van der Waals surface area contributed by atoms with Gasteiger partial charge in [0.2, 0.25) is 0 Å². The molecule has 0 radical (unpaired) electrons. The molecule has 1 aliphatic rings. The Kier molecular flexibility index (Phi) is 4.54. The molecule has 0 saturated heterocycles. The molecule has 2 aromatic heterocycles. The predicted octanol–water partition coefficient (Wildman–Crippen LogP) is 5.37. The number of nitrogens with zero attached hydrogens (tertiary/aromatic N) is 2. The number of benzene rings is 1. The van der Waals surface area contributed by atoms with Gasteiger partial charge in [-0.3, -0.25) is 4.79 Å². The highest BCUT2D eigenvalue weighted by Crippen LogP contribution is 2.40. The van der Waals surface area contributed by atoms with Crippen LogP contribution in [0.15, 0.2) is 43.4 Å². The molecule has 1 fully saturated rings. The highest BCUT2D eigenvalue weighted by Gasteiger charge is 2.28. The van der Waals surface area contributed by atoms with Gasteiger partial charge in [-0.2, -0.15) is 0 Å². The topological polar surface area (TPSA) is 68.0 Å². The van der Waals surface area contributed by atoms with Crippen LogP contribution in [0.5, 0.6) is 0 Å². The average molecular weight is 392 g/mol. The second kappa shape index (κ2) is 6.82. The Morgan fingerprint density at radius 3 is 2.92 bits per heavy atom. The fourth-order valence-electron chi connectivity index (χ4n) is 2.29. The zero-order valence-corrected chi connectivity index (χ0v) is 15.7. The van der Waals surface area contributed by atoms with E-state index in [1.54, 1.807) is 23.5 Å². The van der Waals surface area contributed by atoms with Crippen molar-refractivity contribution < 1.29 is 9.32 Å². The number of hydrogen-bond donors (Lipinski definition) is 1. The first-order valence-corrected chi connectivity index (χ1v) is 9.83. The van der Waals surface area contributed by atoms with Crippen LogP contribution >= 0.6 is 34.7 Å². The molecule has 0 aliphatic heterocycles. The van der Waals surface area contributed by atoms with E-state index in [1.165, 1.54) is 11.8 Å². The van der Waals surface area contributed by atoms with Crippen LogP contribution in [0.4, 0.5) is 5.69 Å². The highest BCUT2D eigenvalue weighted by atomic mass is 35.5. The molecule has 4 rings (SSSR count). The maximum atomic E-state index is 12.3. The van der Waals surface area contributed by atoms with Gasteiger partial charge in [0, 0.05) is 33.6 Å². The van der Waals surface area contributed by atoms with E-state index in [2.05, 4.69) is 15.5 Å². The minimum atomic E-state index is -0.303. The fourth-order valence-corrected chi connectivity index (χ4v) is 4.38. The summed E-state index contributed by atoms with van der Waals surface area (Å²) in [5.41, 5.74) is 1.89. The van der Waals surface area contributed by atoms with E-state index in [-0.39, 0.29) is 11.6 Å². The van der Waals surface area contributed by atoms with E-state index >= 15 is 0 Å².